The maximum absolute atomic E-state index is 12.9. The summed E-state index contributed by atoms with van der Waals surface area (Å²) in [6.07, 6.45) is 1.56. The summed E-state index contributed by atoms with van der Waals surface area (Å²) in [5.41, 5.74) is 1.11. The van der Waals surface area contributed by atoms with Gasteiger partial charge in [0.2, 0.25) is 0 Å². The highest BCUT2D eigenvalue weighted by Crippen LogP contribution is 2.21. The maximum atomic E-state index is 12.9. The van der Waals surface area contributed by atoms with Gasteiger partial charge in [0.05, 0.1) is 5.38 Å². The van der Waals surface area contributed by atoms with E-state index >= 15 is 0 Å². The number of hydrogen-bond acceptors (Lipinski definition) is 1. The number of aromatic amines is 1. The largest absolute Gasteiger partial charge is 0.360 e. The smallest absolute Gasteiger partial charge is 0.182 e. The Morgan fingerprint density at radius 2 is 2.27 bits per heavy atom. The molecule has 0 saturated heterocycles. The molecule has 1 aromatic carbocycles. The lowest BCUT2D eigenvalue weighted by Gasteiger charge is -1.99. The summed E-state index contributed by atoms with van der Waals surface area (Å²) >= 11 is 5.71. The predicted octanol–water partition coefficient (Wildman–Crippen LogP) is 3.12. The standard InChI is InChI=1S/C11H9ClFNO/c1-6(12)11(15)9-5-14-10-4-7(13)2-3-8(9)10/h2-6,14H,1H3. The molecule has 0 spiro atoms. The van der Waals surface area contributed by atoms with Crippen LogP contribution in [0.3, 0.4) is 0 Å². The maximum Gasteiger partial charge on any atom is 0.182 e. The van der Waals surface area contributed by atoms with Crippen LogP contribution in [0.15, 0.2) is 24.4 Å². The summed E-state index contributed by atoms with van der Waals surface area (Å²) in [6.45, 7) is 1.62. The molecular weight excluding hydrogens is 217 g/mol. The third-order valence-corrected chi connectivity index (χ3v) is 2.47. The van der Waals surface area contributed by atoms with Gasteiger partial charge in [0.25, 0.3) is 0 Å². The van der Waals surface area contributed by atoms with Crippen molar-refractivity contribution in [3.8, 4) is 0 Å². The van der Waals surface area contributed by atoms with Crippen LogP contribution < -0.4 is 0 Å². The van der Waals surface area contributed by atoms with Gasteiger partial charge in [-0.1, -0.05) is 0 Å². The van der Waals surface area contributed by atoms with Gasteiger partial charge in [-0.05, 0) is 25.1 Å². The first-order valence-corrected chi connectivity index (χ1v) is 4.98. The number of benzene rings is 1. The molecular formula is C11H9ClFNO. The zero-order chi connectivity index (χ0) is 11.0. The van der Waals surface area contributed by atoms with Crippen LogP contribution in [-0.2, 0) is 0 Å². The number of nitrogens with one attached hydrogen (secondary N) is 1. The first-order valence-electron chi connectivity index (χ1n) is 4.54. The Balaban J connectivity index is 2.59. The molecule has 1 unspecified atom stereocenters. The van der Waals surface area contributed by atoms with Crippen LogP contribution in [0, 0.1) is 5.82 Å². The van der Waals surface area contributed by atoms with Gasteiger partial charge in [-0.15, -0.1) is 11.6 Å². The minimum atomic E-state index is -0.575. The van der Waals surface area contributed by atoms with Gasteiger partial charge in [-0.3, -0.25) is 4.79 Å². The summed E-state index contributed by atoms with van der Waals surface area (Å²) in [7, 11) is 0. The number of fused-ring (bicyclic) bond motifs is 1. The van der Waals surface area contributed by atoms with Crippen LogP contribution in [0.2, 0.25) is 0 Å². The zero-order valence-corrected chi connectivity index (χ0v) is 8.81. The number of carbonyl (C=O) groups excluding carboxylic acids is 1. The monoisotopic (exact) mass is 225 g/mol. The third kappa shape index (κ3) is 1.75. The fourth-order valence-corrected chi connectivity index (χ4v) is 1.63. The lowest BCUT2D eigenvalue weighted by molar-refractivity contribution is 0.0993. The van der Waals surface area contributed by atoms with Gasteiger partial charge in [-0.25, -0.2) is 4.39 Å². The first kappa shape index (κ1) is 10.2. The fourth-order valence-electron chi connectivity index (χ4n) is 1.52. The number of hydrogen-bond donors (Lipinski definition) is 1. The molecule has 0 amide bonds. The molecule has 0 aliphatic rings. The Bertz CT molecular complexity index is 518. The van der Waals surface area contributed by atoms with Crippen molar-refractivity contribution >= 4 is 28.3 Å². The van der Waals surface area contributed by atoms with Gasteiger partial charge < -0.3 is 4.98 Å². The van der Waals surface area contributed by atoms with E-state index < -0.39 is 5.38 Å². The average Bonchev–Trinajstić information content (AvgIpc) is 2.59. The molecule has 1 heterocycles. The number of Topliss-reactive ketones (excluding diaryl/α,β-unsaturated/α-hetero) is 1. The molecule has 2 nitrogen and oxygen atoms in total. The van der Waals surface area contributed by atoms with Crippen molar-refractivity contribution in [3.05, 3.63) is 35.8 Å². The van der Waals surface area contributed by atoms with Gasteiger partial charge >= 0.3 is 0 Å². The number of H-pyrrole nitrogens is 1. The Hall–Kier alpha value is -1.35. The molecule has 2 aromatic rings. The second-order valence-electron chi connectivity index (χ2n) is 3.37. The van der Waals surface area contributed by atoms with Crippen LogP contribution >= 0.6 is 11.6 Å². The van der Waals surface area contributed by atoms with E-state index in [1.165, 1.54) is 12.1 Å². The van der Waals surface area contributed by atoms with Crippen molar-refractivity contribution in [1.82, 2.24) is 4.98 Å². The summed E-state index contributed by atoms with van der Waals surface area (Å²) < 4.78 is 12.9. The molecule has 78 valence electrons. The topological polar surface area (TPSA) is 32.9 Å². The molecule has 1 atom stereocenters. The van der Waals surface area contributed by atoms with Gasteiger partial charge in [0, 0.05) is 22.7 Å². The normalized spacial score (nSPS) is 13.0. The van der Waals surface area contributed by atoms with Crippen molar-refractivity contribution in [2.75, 3.05) is 0 Å². The summed E-state index contributed by atoms with van der Waals surface area (Å²) in [4.78, 5) is 14.5. The summed E-state index contributed by atoms with van der Waals surface area (Å²) in [5.74, 6) is -0.489. The van der Waals surface area contributed by atoms with E-state index in [4.69, 9.17) is 11.6 Å². The summed E-state index contributed by atoms with van der Waals surface area (Å²) in [6, 6.07) is 4.25. The highest BCUT2D eigenvalue weighted by Gasteiger charge is 2.16. The minimum Gasteiger partial charge on any atom is -0.360 e. The van der Waals surface area contributed by atoms with Gasteiger partial charge in [0.1, 0.15) is 5.82 Å². The molecule has 0 saturated carbocycles. The van der Waals surface area contributed by atoms with E-state index in [0.717, 1.165) is 0 Å². The van der Waals surface area contributed by atoms with Gasteiger partial charge in [0.15, 0.2) is 5.78 Å². The molecule has 0 radical (unpaired) electrons. The van der Waals surface area contributed by atoms with Crippen molar-refractivity contribution in [1.29, 1.82) is 0 Å². The fraction of sp³-hybridized carbons (Fsp3) is 0.182. The van der Waals surface area contributed by atoms with E-state index in [-0.39, 0.29) is 11.6 Å². The van der Waals surface area contributed by atoms with E-state index in [1.54, 1.807) is 19.2 Å². The number of halogens is 2. The highest BCUT2D eigenvalue weighted by atomic mass is 35.5. The number of carbonyl (C=O) groups is 1. The van der Waals surface area contributed by atoms with Crippen molar-refractivity contribution in [2.24, 2.45) is 0 Å². The van der Waals surface area contributed by atoms with Crippen LogP contribution in [0.1, 0.15) is 17.3 Å². The number of aromatic nitrogens is 1. The van der Waals surface area contributed by atoms with Gasteiger partial charge in [-0.2, -0.15) is 0 Å². The third-order valence-electron chi connectivity index (χ3n) is 2.27. The molecule has 1 N–H and O–H groups in total. The lowest BCUT2D eigenvalue weighted by atomic mass is 10.1. The van der Waals surface area contributed by atoms with Crippen molar-refractivity contribution < 1.29 is 9.18 Å². The second kappa shape index (κ2) is 3.66. The Kier molecular flexibility index (Phi) is 2.49. The lowest BCUT2D eigenvalue weighted by Crippen LogP contribution is -2.09. The number of alkyl halides is 1. The molecule has 0 aliphatic heterocycles. The van der Waals surface area contributed by atoms with E-state index in [0.29, 0.717) is 16.5 Å². The second-order valence-corrected chi connectivity index (χ2v) is 4.03. The summed E-state index contributed by atoms with van der Waals surface area (Å²) in [5, 5.41) is 0.128. The molecule has 4 heteroatoms. The molecule has 15 heavy (non-hydrogen) atoms. The Labute approximate surface area is 91.0 Å². The van der Waals surface area contributed by atoms with E-state index in [9.17, 15) is 9.18 Å². The SMILES string of the molecule is CC(Cl)C(=O)c1c[nH]c2cc(F)ccc12. The minimum absolute atomic E-state index is 0.158. The predicted molar refractivity (Wildman–Crippen MR) is 57.9 cm³/mol. The Morgan fingerprint density at radius 3 is 2.93 bits per heavy atom. The van der Waals surface area contributed by atoms with E-state index in [1.807, 2.05) is 0 Å². The van der Waals surface area contributed by atoms with Crippen LogP contribution in [0.5, 0.6) is 0 Å². The average molecular weight is 226 g/mol. The highest BCUT2D eigenvalue weighted by molar-refractivity contribution is 6.34. The zero-order valence-electron chi connectivity index (χ0n) is 8.05. The first-order chi connectivity index (χ1) is 7.09. The number of rotatable bonds is 2. The van der Waals surface area contributed by atoms with Crippen molar-refractivity contribution in [3.63, 3.8) is 0 Å². The molecule has 0 aliphatic carbocycles. The molecule has 0 bridgehead atoms. The van der Waals surface area contributed by atoms with Crippen LogP contribution in [-0.4, -0.2) is 16.1 Å². The Morgan fingerprint density at radius 1 is 1.53 bits per heavy atom. The quantitative estimate of drug-likeness (QED) is 0.618. The molecule has 2 rings (SSSR count). The van der Waals surface area contributed by atoms with E-state index in [2.05, 4.69) is 4.98 Å². The molecule has 0 fully saturated rings. The van der Waals surface area contributed by atoms with Crippen LogP contribution in [0.25, 0.3) is 10.9 Å². The number of ketones is 1. The molecule has 1 aromatic heterocycles. The van der Waals surface area contributed by atoms with Crippen LogP contribution in [0.4, 0.5) is 4.39 Å². The van der Waals surface area contributed by atoms with Crippen molar-refractivity contribution in [2.45, 2.75) is 12.3 Å².